The molecule has 2 aromatic rings. The highest BCUT2D eigenvalue weighted by atomic mass is 35.5. The number of nitrogens with zero attached hydrogens (tertiary/aromatic N) is 4. The van der Waals surface area contributed by atoms with Crippen LogP contribution in [0, 0.1) is 5.92 Å². The highest BCUT2D eigenvalue weighted by Gasteiger charge is 2.22. The number of halogens is 1. The second-order valence-electron chi connectivity index (χ2n) is 5.60. The lowest BCUT2D eigenvalue weighted by Gasteiger charge is -2.23. The first kappa shape index (κ1) is 17.8. The summed E-state index contributed by atoms with van der Waals surface area (Å²) in [6.45, 7) is 4.77. The number of hydrogen-bond donors (Lipinski definition) is 0. The summed E-state index contributed by atoms with van der Waals surface area (Å²) >= 11 is 7.96. The summed E-state index contributed by atoms with van der Waals surface area (Å²) in [4.78, 5) is 18.4. The maximum Gasteiger partial charge on any atom is 0.227 e. The first-order valence-electron chi connectivity index (χ1n) is 7.47. The van der Waals surface area contributed by atoms with Crippen LogP contribution in [0.15, 0.2) is 30.7 Å². The minimum atomic E-state index is 0.0701. The van der Waals surface area contributed by atoms with Gasteiger partial charge in [-0.15, -0.1) is 0 Å². The number of carbonyl (C=O) groups is 1. The van der Waals surface area contributed by atoms with E-state index in [9.17, 15) is 4.79 Å². The summed E-state index contributed by atoms with van der Waals surface area (Å²) < 4.78 is 1.65. The van der Waals surface area contributed by atoms with E-state index in [-0.39, 0.29) is 5.91 Å². The highest BCUT2D eigenvalue weighted by Crippen LogP contribution is 2.27. The number of anilines is 1. The number of thioether (sulfide) groups is 1. The van der Waals surface area contributed by atoms with Crippen molar-refractivity contribution in [3.63, 3.8) is 0 Å². The summed E-state index contributed by atoms with van der Waals surface area (Å²) in [6.07, 6.45) is 7.68. The number of rotatable bonds is 7. The second kappa shape index (κ2) is 8.36. The van der Waals surface area contributed by atoms with Crippen LogP contribution in [0.25, 0.3) is 5.69 Å². The van der Waals surface area contributed by atoms with E-state index >= 15 is 0 Å². The van der Waals surface area contributed by atoms with E-state index in [1.165, 1.54) is 0 Å². The van der Waals surface area contributed by atoms with E-state index in [1.54, 1.807) is 39.9 Å². The molecule has 0 aliphatic carbocycles. The van der Waals surface area contributed by atoms with Crippen LogP contribution in [-0.2, 0) is 4.79 Å². The Morgan fingerprint density at radius 2 is 2.26 bits per heavy atom. The molecular weight excluding hydrogens is 332 g/mol. The van der Waals surface area contributed by atoms with Gasteiger partial charge >= 0.3 is 0 Å². The van der Waals surface area contributed by atoms with Crippen molar-refractivity contribution in [3.05, 3.63) is 35.9 Å². The predicted octanol–water partition coefficient (Wildman–Crippen LogP) is 3.66. The molecule has 0 spiro atoms. The fourth-order valence-corrected chi connectivity index (χ4v) is 2.78. The maximum atomic E-state index is 12.5. The summed E-state index contributed by atoms with van der Waals surface area (Å²) in [7, 11) is 0. The molecule has 2 heterocycles. The van der Waals surface area contributed by atoms with Gasteiger partial charge in [0.05, 0.1) is 18.1 Å². The van der Waals surface area contributed by atoms with Gasteiger partial charge in [0, 0.05) is 24.9 Å². The minimum Gasteiger partial charge on any atom is -0.308 e. The van der Waals surface area contributed by atoms with Crippen molar-refractivity contribution in [2.45, 2.75) is 20.3 Å². The fourth-order valence-electron chi connectivity index (χ4n) is 2.17. The smallest absolute Gasteiger partial charge is 0.227 e. The first-order valence-corrected chi connectivity index (χ1v) is 9.25. The molecule has 0 saturated carbocycles. The molecule has 0 aliphatic heterocycles. The van der Waals surface area contributed by atoms with E-state index in [0.717, 1.165) is 11.4 Å². The van der Waals surface area contributed by atoms with E-state index in [1.807, 2.05) is 18.4 Å². The topological polar surface area (TPSA) is 51.0 Å². The first-order chi connectivity index (χ1) is 11.0. The van der Waals surface area contributed by atoms with Gasteiger partial charge in [-0.3, -0.25) is 9.78 Å². The van der Waals surface area contributed by atoms with Gasteiger partial charge in [-0.25, -0.2) is 4.68 Å². The molecule has 2 aromatic heterocycles. The summed E-state index contributed by atoms with van der Waals surface area (Å²) in [6, 6.07) is 3.72. The molecule has 2 rings (SSSR count). The molecule has 0 aliphatic rings. The Labute approximate surface area is 146 Å². The summed E-state index contributed by atoms with van der Waals surface area (Å²) in [5.41, 5.74) is 1.46. The molecule has 0 N–H and O–H groups in total. The average molecular weight is 353 g/mol. The molecule has 0 atom stereocenters. The molecule has 124 valence electrons. The molecule has 0 unspecified atom stereocenters. The van der Waals surface area contributed by atoms with Crippen LogP contribution < -0.4 is 4.90 Å². The third kappa shape index (κ3) is 4.72. The molecule has 0 fully saturated rings. The third-order valence-electron chi connectivity index (χ3n) is 3.22. The van der Waals surface area contributed by atoms with Crippen molar-refractivity contribution in [2.75, 3.05) is 23.5 Å². The minimum absolute atomic E-state index is 0.0701. The van der Waals surface area contributed by atoms with Gasteiger partial charge in [0.25, 0.3) is 0 Å². The zero-order chi connectivity index (χ0) is 16.8. The molecule has 0 aromatic carbocycles. The van der Waals surface area contributed by atoms with Gasteiger partial charge in [0.2, 0.25) is 5.91 Å². The zero-order valence-corrected chi connectivity index (χ0v) is 15.1. The van der Waals surface area contributed by atoms with Gasteiger partial charge in [0.1, 0.15) is 5.69 Å². The summed E-state index contributed by atoms with van der Waals surface area (Å²) in [5, 5.41) is 4.64. The lowest BCUT2D eigenvalue weighted by molar-refractivity contribution is -0.118. The van der Waals surface area contributed by atoms with Crippen LogP contribution in [0.1, 0.15) is 20.3 Å². The number of pyridine rings is 1. The number of carbonyl (C=O) groups excluding carboxylic acids is 1. The standard InChI is InChI=1S/C16H21ClN4OS/c1-12(2)10-20(15(22)6-8-23-3)14-11-21(19-16(14)17)13-5-4-7-18-9-13/h4-5,7,9,11-12H,6,8,10H2,1-3H3. The number of hydrogen-bond acceptors (Lipinski definition) is 4. The zero-order valence-electron chi connectivity index (χ0n) is 13.6. The molecule has 1 amide bonds. The van der Waals surface area contributed by atoms with Crippen molar-refractivity contribution in [2.24, 2.45) is 5.92 Å². The van der Waals surface area contributed by atoms with E-state index in [4.69, 9.17) is 11.6 Å². The average Bonchev–Trinajstić information content (AvgIpc) is 2.92. The van der Waals surface area contributed by atoms with Crippen molar-refractivity contribution < 1.29 is 4.79 Å². The van der Waals surface area contributed by atoms with Gasteiger partial charge in [-0.2, -0.15) is 16.9 Å². The monoisotopic (exact) mass is 352 g/mol. The van der Waals surface area contributed by atoms with Crippen molar-refractivity contribution >= 4 is 35.0 Å². The Morgan fingerprint density at radius 1 is 1.48 bits per heavy atom. The van der Waals surface area contributed by atoms with E-state index in [2.05, 4.69) is 23.9 Å². The molecule has 0 radical (unpaired) electrons. The largest absolute Gasteiger partial charge is 0.308 e. The maximum absolute atomic E-state index is 12.5. The third-order valence-corrected chi connectivity index (χ3v) is 4.10. The second-order valence-corrected chi connectivity index (χ2v) is 6.95. The molecule has 7 heteroatoms. The molecule has 0 bridgehead atoms. The Kier molecular flexibility index (Phi) is 6.47. The lowest BCUT2D eigenvalue weighted by Crippen LogP contribution is -2.34. The van der Waals surface area contributed by atoms with Crippen LogP contribution in [0.5, 0.6) is 0 Å². The molecule has 0 saturated heterocycles. The SMILES string of the molecule is CSCCC(=O)N(CC(C)C)c1cn(-c2cccnc2)nc1Cl. The quantitative estimate of drug-likeness (QED) is 0.763. The molecular formula is C16H21ClN4OS. The van der Waals surface area contributed by atoms with Gasteiger partial charge in [-0.1, -0.05) is 25.4 Å². The van der Waals surface area contributed by atoms with Crippen LogP contribution in [0.2, 0.25) is 5.15 Å². The predicted molar refractivity (Wildman–Crippen MR) is 96.6 cm³/mol. The van der Waals surface area contributed by atoms with Gasteiger partial charge < -0.3 is 4.90 Å². The van der Waals surface area contributed by atoms with Gasteiger partial charge in [-0.05, 0) is 24.3 Å². The van der Waals surface area contributed by atoms with Crippen LogP contribution in [-0.4, -0.2) is 39.2 Å². The fraction of sp³-hybridized carbons (Fsp3) is 0.438. The summed E-state index contributed by atoms with van der Waals surface area (Å²) in [5.74, 6) is 1.20. The lowest BCUT2D eigenvalue weighted by atomic mass is 10.2. The van der Waals surface area contributed by atoms with E-state index < -0.39 is 0 Å². The van der Waals surface area contributed by atoms with Crippen LogP contribution in [0.3, 0.4) is 0 Å². The van der Waals surface area contributed by atoms with E-state index in [0.29, 0.717) is 29.7 Å². The Bertz CT molecular complexity index is 645. The van der Waals surface area contributed by atoms with Crippen molar-refractivity contribution in [3.8, 4) is 5.69 Å². The number of aromatic nitrogens is 3. The van der Waals surface area contributed by atoms with Crippen LogP contribution in [0.4, 0.5) is 5.69 Å². The number of amides is 1. The Balaban J connectivity index is 2.31. The van der Waals surface area contributed by atoms with Gasteiger partial charge in [0.15, 0.2) is 5.15 Å². The highest BCUT2D eigenvalue weighted by molar-refractivity contribution is 7.98. The van der Waals surface area contributed by atoms with Crippen molar-refractivity contribution in [1.82, 2.24) is 14.8 Å². The Morgan fingerprint density at radius 3 is 2.87 bits per heavy atom. The van der Waals surface area contributed by atoms with Crippen molar-refractivity contribution in [1.29, 1.82) is 0 Å². The molecule has 5 nitrogen and oxygen atoms in total. The normalized spacial score (nSPS) is 11.0. The molecule has 23 heavy (non-hydrogen) atoms. The van der Waals surface area contributed by atoms with Crippen LogP contribution >= 0.6 is 23.4 Å². The Hall–Kier alpha value is -1.53.